The van der Waals surface area contributed by atoms with E-state index < -0.39 is 12.0 Å². The van der Waals surface area contributed by atoms with Crippen LogP contribution in [-0.4, -0.2) is 29.9 Å². The molecule has 2 N–H and O–H groups in total. The van der Waals surface area contributed by atoms with Crippen LogP contribution in [0.15, 0.2) is 0 Å². The Kier molecular flexibility index (Phi) is 7.24. The zero-order valence-corrected chi connectivity index (χ0v) is 7.27. The minimum Gasteiger partial charge on any atom is -0.480 e. The number of nitrogens with one attached hydrogen (secondary N) is 1. The van der Waals surface area contributed by atoms with Gasteiger partial charge < -0.3 is 10.4 Å². The van der Waals surface area contributed by atoms with Crippen LogP contribution in [0.2, 0.25) is 0 Å². The first-order valence-electron chi connectivity index (χ1n) is 2.97. The number of halogens is 1. The lowest BCUT2D eigenvalue weighted by atomic mass is 10.1. The summed E-state index contributed by atoms with van der Waals surface area (Å²) in [6, 6.07) is -0.738. The van der Waals surface area contributed by atoms with E-state index in [4.69, 9.17) is 5.11 Å². The summed E-state index contributed by atoms with van der Waals surface area (Å²) in [5.41, 5.74) is 0. The number of hydrogen-bond donors (Lipinski definition) is 2. The maximum atomic E-state index is 10.4. The van der Waals surface area contributed by atoms with Crippen molar-refractivity contribution in [2.24, 2.45) is 0 Å². The molecule has 0 aromatic heterocycles. The van der Waals surface area contributed by atoms with Gasteiger partial charge in [0.1, 0.15) is 11.8 Å². The van der Waals surface area contributed by atoms with Crippen molar-refractivity contribution in [1.82, 2.24) is 5.32 Å². The number of carboxylic acid groups (broad SMARTS) is 1. The van der Waals surface area contributed by atoms with E-state index in [0.717, 1.165) is 0 Å². The van der Waals surface area contributed by atoms with Crippen molar-refractivity contribution in [3.05, 3.63) is 0 Å². The van der Waals surface area contributed by atoms with E-state index in [-0.39, 0.29) is 24.6 Å². The van der Waals surface area contributed by atoms with Gasteiger partial charge in [-0.1, -0.05) is 0 Å². The van der Waals surface area contributed by atoms with E-state index in [1.54, 1.807) is 0 Å². The van der Waals surface area contributed by atoms with Crippen molar-refractivity contribution in [3.63, 3.8) is 0 Å². The largest absolute Gasteiger partial charge is 0.480 e. The molecular weight excluding hydrogens is 170 g/mol. The number of aliphatic carboxylic acids is 1. The van der Waals surface area contributed by atoms with Crippen LogP contribution in [0.5, 0.6) is 0 Å². The minimum atomic E-state index is -0.988. The fourth-order valence-electron chi connectivity index (χ4n) is 0.600. The van der Waals surface area contributed by atoms with Gasteiger partial charge in [-0.25, -0.2) is 0 Å². The summed E-state index contributed by atoms with van der Waals surface area (Å²) in [4.78, 5) is 20.7. The first-order valence-corrected chi connectivity index (χ1v) is 2.97. The Bertz CT molecular complexity index is 149. The summed E-state index contributed by atoms with van der Waals surface area (Å²) < 4.78 is 0. The van der Waals surface area contributed by atoms with E-state index in [1.807, 2.05) is 0 Å². The van der Waals surface area contributed by atoms with Crippen LogP contribution < -0.4 is 5.32 Å². The van der Waals surface area contributed by atoms with E-state index >= 15 is 0 Å². The maximum Gasteiger partial charge on any atom is 0.321 e. The van der Waals surface area contributed by atoms with Crippen LogP contribution >= 0.6 is 12.4 Å². The van der Waals surface area contributed by atoms with Crippen LogP contribution in [0.3, 0.4) is 0 Å². The van der Waals surface area contributed by atoms with Crippen LogP contribution in [0.25, 0.3) is 0 Å². The number of ketones is 1. The highest BCUT2D eigenvalue weighted by atomic mass is 35.5. The number of likely N-dealkylation sites (N-methyl/N-ethyl adjacent to an activating group) is 1. The molecule has 0 aromatic rings. The monoisotopic (exact) mass is 181 g/mol. The Morgan fingerprint density at radius 2 is 2.00 bits per heavy atom. The first-order chi connectivity index (χ1) is 4.57. The fraction of sp³-hybridized carbons (Fsp3) is 0.667. The number of carbonyl (C=O) groups excluding carboxylic acids is 1. The molecular formula is C6H12ClNO3. The predicted octanol–water partition coefficient (Wildman–Crippen LogP) is 0.0599. The smallest absolute Gasteiger partial charge is 0.321 e. The van der Waals surface area contributed by atoms with E-state index in [1.165, 1.54) is 14.0 Å². The molecule has 1 unspecified atom stereocenters. The van der Waals surface area contributed by atoms with Crippen LogP contribution in [0.1, 0.15) is 13.3 Å². The molecule has 0 aliphatic heterocycles. The van der Waals surface area contributed by atoms with E-state index in [0.29, 0.717) is 0 Å². The molecule has 0 spiro atoms. The molecule has 0 saturated carbocycles. The van der Waals surface area contributed by atoms with Gasteiger partial charge in [-0.3, -0.25) is 9.59 Å². The Balaban J connectivity index is 0. The third-order valence-corrected chi connectivity index (χ3v) is 1.14. The lowest BCUT2D eigenvalue weighted by Crippen LogP contribution is -2.35. The molecule has 0 heterocycles. The molecule has 0 saturated heterocycles. The number of Topliss-reactive ketones (excluding diaryl/α,β-unsaturated/α-hetero) is 1. The summed E-state index contributed by atoms with van der Waals surface area (Å²) in [6.45, 7) is 1.37. The highest BCUT2D eigenvalue weighted by molar-refractivity contribution is 5.85. The van der Waals surface area contributed by atoms with Crippen LogP contribution in [-0.2, 0) is 9.59 Å². The van der Waals surface area contributed by atoms with Crippen molar-refractivity contribution in [2.75, 3.05) is 7.05 Å². The molecule has 11 heavy (non-hydrogen) atoms. The molecule has 4 nitrogen and oxygen atoms in total. The lowest BCUT2D eigenvalue weighted by Gasteiger charge is -2.06. The Morgan fingerprint density at radius 1 is 1.55 bits per heavy atom. The second kappa shape index (κ2) is 6.12. The van der Waals surface area contributed by atoms with E-state index in [9.17, 15) is 9.59 Å². The third-order valence-electron chi connectivity index (χ3n) is 1.14. The van der Waals surface area contributed by atoms with Gasteiger partial charge in [-0.2, -0.15) is 0 Å². The average Bonchev–Trinajstić information content (AvgIpc) is 1.81. The van der Waals surface area contributed by atoms with Crippen molar-refractivity contribution in [1.29, 1.82) is 0 Å². The normalized spacial score (nSPS) is 11.5. The van der Waals surface area contributed by atoms with Gasteiger partial charge in [-0.05, 0) is 14.0 Å². The van der Waals surface area contributed by atoms with Crippen molar-refractivity contribution in [3.8, 4) is 0 Å². The summed E-state index contributed by atoms with van der Waals surface area (Å²) in [7, 11) is 1.52. The summed E-state index contributed by atoms with van der Waals surface area (Å²) in [5, 5.41) is 10.9. The van der Waals surface area contributed by atoms with Gasteiger partial charge >= 0.3 is 5.97 Å². The van der Waals surface area contributed by atoms with Crippen molar-refractivity contribution < 1.29 is 14.7 Å². The SMILES string of the molecule is CNC(CC(C)=O)C(=O)O.Cl. The molecule has 0 aliphatic rings. The van der Waals surface area contributed by atoms with Crippen LogP contribution in [0.4, 0.5) is 0 Å². The molecule has 0 aliphatic carbocycles. The summed E-state index contributed by atoms with van der Waals surface area (Å²) in [5.74, 6) is -1.11. The molecule has 0 amide bonds. The summed E-state index contributed by atoms with van der Waals surface area (Å²) in [6.07, 6.45) is 0.0475. The van der Waals surface area contributed by atoms with Gasteiger partial charge in [0.2, 0.25) is 0 Å². The Hall–Kier alpha value is -0.610. The quantitative estimate of drug-likeness (QED) is 0.644. The minimum absolute atomic E-state index is 0. The van der Waals surface area contributed by atoms with Gasteiger partial charge in [-0.15, -0.1) is 12.4 Å². The first kappa shape index (κ1) is 13.0. The molecule has 0 aromatic carbocycles. The zero-order valence-electron chi connectivity index (χ0n) is 6.46. The number of carboxylic acids is 1. The second-order valence-corrected chi connectivity index (χ2v) is 2.09. The predicted molar refractivity (Wildman–Crippen MR) is 43.0 cm³/mol. The number of rotatable bonds is 4. The summed E-state index contributed by atoms with van der Waals surface area (Å²) >= 11 is 0. The highest BCUT2D eigenvalue weighted by Gasteiger charge is 2.15. The van der Waals surface area contributed by atoms with Crippen molar-refractivity contribution >= 4 is 24.2 Å². The standard InChI is InChI=1S/C6H11NO3.ClH/c1-4(8)3-5(7-2)6(9)10;/h5,7H,3H2,1-2H3,(H,9,10);1H. The molecule has 0 rings (SSSR count). The van der Waals surface area contributed by atoms with Crippen molar-refractivity contribution in [2.45, 2.75) is 19.4 Å². The van der Waals surface area contributed by atoms with Crippen LogP contribution in [0, 0.1) is 0 Å². The zero-order chi connectivity index (χ0) is 8.15. The third kappa shape index (κ3) is 5.82. The maximum absolute atomic E-state index is 10.4. The topological polar surface area (TPSA) is 66.4 Å². The number of hydrogen-bond acceptors (Lipinski definition) is 3. The molecule has 5 heteroatoms. The molecule has 0 fully saturated rings. The average molecular weight is 182 g/mol. The molecule has 1 atom stereocenters. The Morgan fingerprint density at radius 3 is 2.09 bits per heavy atom. The fourth-order valence-corrected chi connectivity index (χ4v) is 0.600. The highest BCUT2D eigenvalue weighted by Crippen LogP contribution is 1.91. The lowest BCUT2D eigenvalue weighted by molar-refractivity contribution is -0.140. The molecule has 0 radical (unpaired) electrons. The van der Waals surface area contributed by atoms with Gasteiger partial charge in [0, 0.05) is 6.42 Å². The molecule has 66 valence electrons. The van der Waals surface area contributed by atoms with E-state index in [2.05, 4.69) is 5.32 Å². The Labute approximate surface area is 71.4 Å². The molecule has 0 bridgehead atoms. The second-order valence-electron chi connectivity index (χ2n) is 2.09. The van der Waals surface area contributed by atoms with Gasteiger partial charge in [0.05, 0.1) is 0 Å². The van der Waals surface area contributed by atoms with Gasteiger partial charge in [0.15, 0.2) is 0 Å². The number of carbonyl (C=O) groups is 2. The van der Waals surface area contributed by atoms with Gasteiger partial charge in [0.25, 0.3) is 0 Å².